The van der Waals surface area contributed by atoms with E-state index in [-0.39, 0.29) is 17.2 Å². The first-order chi connectivity index (χ1) is 15.1. The van der Waals surface area contributed by atoms with Crippen molar-refractivity contribution in [1.29, 1.82) is 10.8 Å². The van der Waals surface area contributed by atoms with Gasteiger partial charge in [0.15, 0.2) is 0 Å². The smallest absolute Gasteiger partial charge is 0.133 e. The lowest BCUT2D eigenvalue weighted by Crippen LogP contribution is -2.56. The zero-order valence-corrected chi connectivity index (χ0v) is 18.2. The zero-order valence-electron chi connectivity index (χ0n) is 18.2. The molecule has 0 atom stereocenters. The number of H-pyrrole nitrogens is 1. The minimum atomic E-state index is -0.895. The highest BCUT2D eigenvalue weighted by molar-refractivity contribution is 6.25. The molecular formula is C24H23F2N5O. The first kappa shape index (κ1) is 21.5. The average molecular weight is 435 g/mol. The molecule has 1 aliphatic rings. The summed E-state index contributed by atoms with van der Waals surface area (Å²) in [5, 5.41) is 30.2. The lowest BCUT2D eigenvalue weighted by molar-refractivity contribution is 0.355. The van der Waals surface area contributed by atoms with Crippen molar-refractivity contribution in [3.63, 3.8) is 0 Å². The molecule has 2 heterocycles. The number of aliphatic hydroxyl groups is 1. The highest BCUT2D eigenvalue weighted by Gasteiger charge is 2.39. The molecule has 0 aliphatic carbocycles. The van der Waals surface area contributed by atoms with Crippen molar-refractivity contribution in [2.75, 3.05) is 16.8 Å². The molecule has 32 heavy (non-hydrogen) atoms. The maximum Gasteiger partial charge on any atom is 0.133 e. The van der Waals surface area contributed by atoms with Gasteiger partial charge in [0.1, 0.15) is 29.9 Å². The fraction of sp³-hybridized carbons (Fsp3) is 0.250. The number of amidine groups is 2. The van der Waals surface area contributed by atoms with Crippen molar-refractivity contribution >= 4 is 33.9 Å². The third kappa shape index (κ3) is 3.13. The van der Waals surface area contributed by atoms with E-state index in [1.807, 2.05) is 0 Å². The van der Waals surface area contributed by atoms with Gasteiger partial charge < -0.3 is 15.4 Å². The molecule has 6 nitrogen and oxygen atoms in total. The molecule has 0 saturated heterocycles. The molecule has 164 valence electrons. The van der Waals surface area contributed by atoms with Gasteiger partial charge in [0.2, 0.25) is 0 Å². The van der Waals surface area contributed by atoms with E-state index in [9.17, 15) is 9.50 Å². The van der Waals surface area contributed by atoms with Crippen LogP contribution < -0.4 is 10.2 Å². The Labute approximate surface area is 184 Å². The minimum absolute atomic E-state index is 0.0366. The molecule has 8 heteroatoms. The van der Waals surface area contributed by atoms with E-state index in [1.54, 1.807) is 33.9 Å². The predicted molar refractivity (Wildman–Crippen MR) is 124 cm³/mol. The van der Waals surface area contributed by atoms with Crippen LogP contribution in [-0.2, 0) is 0 Å². The van der Waals surface area contributed by atoms with Crippen molar-refractivity contribution in [2.24, 2.45) is 0 Å². The summed E-state index contributed by atoms with van der Waals surface area (Å²) in [5.41, 5.74) is 1.89. The van der Waals surface area contributed by atoms with Gasteiger partial charge >= 0.3 is 0 Å². The van der Waals surface area contributed by atoms with Gasteiger partial charge in [0.25, 0.3) is 0 Å². The van der Waals surface area contributed by atoms with Crippen molar-refractivity contribution in [2.45, 2.75) is 33.2 Å². The molecular weight excluding hydrogens is 412 g/mol. The Bertz CT molecular complexity index is 1360. The van der Waals surface area contributed by atoms with Crippen LogP contribution in [0.3, 0.4) is 0 Å². The number of nitrogens with one attached hydrogen (secondary N) is 4. The number of rotatable bonds is 2. The molecule has 0 bridgehead atoms. The number of hydrogen-bond acceptors (Lipinski definition) is 4. The summed E-state index contributed by atoms with van der Waals surface area (Å²) in [6.45, 7) is 6.23. The fourth-order valence-corrected chi connectivity index (χ4v) is 4.24. The van der Waals surface area contributed by atoms with Crippen LogP contribution in [0.4, 0.5) is 20.2 Å². The van der Waals surface area contributed by atoms with Crippen LogP contribution in [-0.4, -0.2) is 33.9 Å². The van der Waals surface area contributed by atoms with E-state index in [0.29, 0.717) is 39.0 Å². The monoisotopic (exact) mass is 435 g/mol. The molecule has 1 aliphatic heterocycles. The summed E-state index contributed by atoms with van der Waals surface area (Å²) in [4.78, 5) is 4.39. The zero-order chi connectivity index (χ0) is 23.4. The van der Waals surface area contributed by atoms with Crippen LogP contribution in [0.5, 0.6) is 0 Å². The summed E-state index contributed by atoms with van der Waals surface area (Å²) < 4.78 is 30.1. The molecule has 3 aromatic rings. The van der Waals surface area contributed by atoms with E-state index in [0.717, 1.165) is 0 Å². The van der Waals surface area contributed by atoms with Gasteiger partial charge in [0.05, 0.1) is 22.4 Å². The molecule has 0 unspecified atom stereocenters. The standard InChI is InChI=1S/C24H23F2N5O/c1-5-6-13-10-29-21-15(13)7-14(25)8-16(21)20-12(2)22-18(9-17(20)26)30-24(3,4)23(28)31(22)19(27)11-32/h7-10,27-30,32H,11H2,1-4H3. The Morgan fingerprint density at radius 3 is 2.62 bits per heavy atom. The van der Waals surface area contributed by atoms with Gasteiger partial charge in [-0.15, -0.1) is 5.92 Å². The van der Waals surface area contributed by atoms with Crippen LogP contribution in [0.2, 0.25) is 0 Å². The van der Waals surface area contributed by atoms with Crippen LogP contribution in [0.15, 0.2) is 24.4 Å². The van der Waals surface area contributed by atoms with E-state index >= 15 is 4.39 Å². The molecule has 5 N–H and O–H groups in total. The maximum atomic E-state index is 15.5. The molecule has 2 aromatic carbocycles. The summed E-state index contributed by atoms with van der Waals surface area (Å²) in [5.74, 6) is 4.43. The minimum Gasteiger partial charge on any atom is -0.388 e. The van der Waals surface area contributed by atoms with E-state index in [1.165, 1.54) is 23.1 Å². The average Bonchev–Trinajstić information content (AvgIpc) is 3.11. The van der Waals surface area contributed by atoms with Crippen LogP contribution in [0, 0.1) is 41.2 Å². The molecule has 4 rings (SSSR count). The fourth-order valence-electron chi connectivity index (χ4n) is 4.24. The topological polar surface area (TPSA) is 99.0 Å². The number of nitrogens with zero attached hydrogens (tertiary/aromatic N) is 1. The normalized spacial score (nSPS) is 14.6. The van der Waals surface area contributed by atoms with Crippen molar-refractivity contribution < 1.29 is 13.9 Å². The Morgan fingerprint density at radius 2 is 1.97 bits per heavy atom. The number of aromatic nitrogens is 1. The number of anilines is 2. The van der Waals surface area contributed by atoms with Crippen LogP contribution in [0.1, 0.15) is 31.9 Å². The van der Waals surface area contributed by atoms with Gasteiger partial charge in [-0.1, -0.05) is 5.92 Å². The third-order valence-electron chi connectivity index (χ3n) is 5.68. The van der Waals surface area contributed by atoms with Crippen LogP contribution >= 0.6 is 0 Å². The summed E-state index contributed by atoms with van der Waals surface area (Å²) in [6, 6.07) is 3.90. The van der Waals surface area contributed by atoms with Gasteiger partial charge in [-0.2, -0.15) is 0 Å². The van der Waals surface area contributed by atoms with Crippen molar-refractivity contribution in [3.05, 3.63) is 47.2 Å². The highest BCUT2D eigenvalue weighted by atomic mass is 19.1. The van der Waals surface area contributed by atoms with Crippen LogP contribution in [0.25, 0.3) is 22.0 Å². The second kappa shape index (κ2) is 7.46. The number of aromatic amines is 1. The second-order valence-corrected chi connectivity index (χ2v) is 8.25. The lowest BCUT2D eigenvalue weighted by Gasteiger charge is -2.43. The van der Waals surface area contributed by atoms with E-state index < -0.39 is 23.8 Å². The quantitative estimate of drug-likeness (QED) is 0.228. The van der Waals surface area contributed by atoms with Gasteiger partial charge in [0, 0.05) is 28.3 Å². The van der Waals surface area contributed by atoms with Gasteiger partial charge in [-0.05, 0) is 51.5 Å². The highest BCUT2D eigenvalue weighted by Crippen LogP contribution is 2.45. The third-order valence-corrected chi connectivity index (χ3v) is 5.68. The second-order valence-electron chi connectivity index (χ2n) is 8.25. The Morgan fingerprint density at radius 1 is 1.25 bits per heavy atom. The van der Waals surface area contributed by atoms with E-state index in [2.05, 4.69) is 22.1 Å². The van der Waals surface area contributed by atoms with Crippen molar-refractivity contribution in [3.8, 4) is 23.0 Å². The molecule has 1 aromatic heterocycles. The number of fused-ring (bicyclic) bond motifs is 2. The summed E-state index contributed by atoms with van der Waals surface area (Å²) >= 11 is 0. The molecule has 0 amide bonds. The number of aliphatic hydroxyl groups excluding tert-OH is 1. The molecule has 0 spiro atoms. The maximum absolute atomic E-state index is 15.5. The molecule has 0 radical (unpaired) electrons. The Kier molecular flexibility index (Phi) is 5.02. The SMILES string of the molecule is CC#Cc1c[nH]c2c(-c3c(F)cc4c(c3C)N(C(=N)CO)C(=N)C(C)(C)N4)cc(F)cc12. The van der Waals surface area contributed by atoms with Gasteiger partial charge in [-0.3, -0.25) is 15.7 Å². The molecule has 0 fully saturated rings. The largest absolute Gasteiger partial charge is 0.388 e. The first-order valence-corrected chi connectivity index (χ1v) is 10.0. The van der Waals surface area contributed by atoms with E-state index in [4.69, 9.17) is 10.8 Å². The lowest BCUT2D eigenvalue weighted by atomic mass is 9.90. The first-order valence-electron chi connectivity index (χ1n) is 10.0. The predicted octanol–water partition coefficient (Wildman–Crippen LogP) is 4.75. The Hall–Kier alpha value is -3.70. The Balaban J connectivity index is 2.06. The summed E-state index contributed by atoms with van der Waals surface area (Å²) in [6.07, 6.45) is 1.66. The van der Waals surface area contributed by atoms with Gasteiger partial charge in [-0.25, -0.2) is 8.78 Å². The van der Waals surface area contributed by atoms with Crippen molar-refractivity contribution in [1.82, 2.24) is 4.98 Å². The summed E-state index contributed by atoms with van der Waals surface area (Å²) in [7, 11) is 0. The number of halogens is 2. The molecule has 0 saturated carbocycles. The number of hydrogen-bond donors (Lipinski definition) is 5. The number of benzene rings is 2.